The zero-order chi connectivity index (χ0) is 21.8. The van der Waals surface area contributed by atoms with Crippen LogP contribution in [0.3, 0.4) is 0 Å². The lowest BCUT2D eigenvalue weighted by atomic mass is 9.39. The SMILES string of the molecule is Cc1cc2c3c(c1)N(C(C)(C)C)c1c(sc4c1CCCC4)B3c1sc3c(c1N2)CCCC3. The van der Waals surface area contributed by atoms with E-state index in [-0.39, 0.29) is 5.54 Å². The summed E-state index contributed by atoms with van der Waals surface area (Å²) in [5.41, 5.74) is 12.1. The molecule has 2 aliphatic carbocycles. The van der Waals surface area contributed by atoms with Crippen molar-refractivity contribution in [3.63, 3.8) is 0 Å². The standard InChI is InChI=1S/C27H31BN2S2/c1-15-13-18-22-19(14-15)30(27(2,3)4)24-17-10-6-8-12-21(17)32-26(24)28(22)25-23(29-18)16-9-5-7-11-20(16)31-25/h13-14,29H,5-12H2,1-4H3. The molecule has 0 unspecified atom stereocenters. The summed E-state index contributed by atoms with van der Waals surface area (Å²) in [5, 5.41) is 3.98. The summed E-state index contributed by atoms with van der Waals surface area (Å²) in [6, 6.07) is 4.87. The van der Waals surface area contributed by atoms with Gasteiger partial charge in [0, 0.05) is 41.9 Å². The molecule has 2 aromatic heterocycles. The molecule has 1 N–H and O–H groups in total. The Morgan fingerprint density at radius 1 is 0.875 bits per heavy atom. The molecule has 4 heterocycles. The molecule has 2 aliphatic heterocycles. The normalized spacial score (nSPS) is 18.4. The number of rotatable bonds is 0. The van der Waals surface area contributed by atoms with Gasteiger partial charge in [-0.05, 0) is 113 Å². The van der Waals surface area contributed by atoms with Crippen molar-refractivity contribution in [1.82, 2.24) is 0 Å². The summed E-state index contributed by atoms with van der Waals surface area (Å²) in [4.78, 5) is 6.04. The molecule has 1 aromatic carbocycles. The maximum Gasteiger partial charge on any atom is 0.276 e. The minimum atomic E-state index is 0.0442. The van der Waals surface area contributed by atoms with Gasteiger partial charge >= 0.3 is 0 Å². The van der Waals surface area contributed by atoms with Crippen molar-refractivity contribution in [1.29, 1.82) is 0 Å². The van der Waals surface area contributed by atoms with Crippen molar-refractivity contribution in [2.24, 2.45) is 0 Å². The van der Waals surface area contributed by atoms with Gasteiger partial charge in [0.25, 0.3) is 6.71 Å². The van der Waals surface area contributed by atoms with E-state index in [2.05, 4.69) is 72.7 Å². The molecule has 4 aliphatic rings. The number of fused-ring (bicyclic) bond motifs is 8. The van der Waals surface area contributed by atoms with Crippen molar-refractivity contribution in [2.45, 2.75) is 84.6 Å². The Kier molecular flexibility index (Phi) is 4.11. The Hall–Kier alpha value is -1.72. The van der Waals surface area contributed by atoms with Crippen molar-refractivity contribution < 1.29 is 0 Å². The van der Waals surface area contributed by atoms with Gasteiger partial charge in [0.15, 0.2) is 0 Å². The van der Waals surface area contributed by atoms with Crippen LogP contribution in [0, 0.1) is 6.92 Å². The molecule has 0 radical (unpaired) electrons. The van der Waals surface area contributed by atoms with E-state index < -0.39 is 0 Å². The van der Waals surface area contributed by atoms with E-state index in [4.69, 9.17) is 0 Å². The second kappa shape index (κ2) is 6.67. The number of nitrogens with one attached hydrogen (secondary N) is 1. The Bertz CT molecular complexity index is 1280. The first-order chi connectivity index (χ1) is 15.4. The van der Waals surface area contributed by atoms with Crippen LogP contribution in [0.2, 0.25) is 0 Å². The first-order valence-corrected chi connectivity index (χ1v) is 14.1. The Labute approximate surface area is 200 Å². The third-order valence-corrected chi connectivity index (χ3v) is 10.6. The zero-order valence-corrected chi connectivity index (χ0v) is 21.3. The van der Waals surface area contributed by atoms with E-state index in [1.807, 2.05) is 0 Å². The molecule has 0 fully saturated rings. The van der Waals surface area contributed by atoms with Gasteiger partial charge in [-0.2, -0.15) is 22.7 Å². The third kappa shape index (κ3) is 2.58. The van der Waals surface area contributed by atoms with Crippen LogP contribution < -0.4 is 25.2 Å². The van der Waals surface area contributed by atoms with Crippen molar-refractivity contribution in [3.05, 3.63) is 38.6 Å². The molecule has 0 saturated carbocycles. The van der Waals surface area contributed by atoms with E-state index in [0.29, 0.717) is 6.71 Å². The summed E-state index contributed by atoms with van der Waals surface area (Å²) >= 11 is 4.27. The van der Waals surface area contributed by atoms with Crippen LogP contribution in [0.4, 0.5) is 22.7 Å². The lowest BCUT2D eigenvalue weighted by Gasteiger charge is -2.46. The highest BCUT2D eigenvalue weighted by molar-refractivity contribution is 7.36. The number of hydrogen-bond donors (Lipinski definition) is 1. The van der Waals surface area contributed by atoms with Gasteiger partial charge < -0.3 is 10.2 Å². The maximum atomic E-state index is 3.98. The topological polar surface area (TPSA) is 15.3 Å². The third-order valence-electron chi connectivity index (χ3n) is 7.88. The fourth-order valence-corrected chi connectivity index (χ4v) is 9.68. The van der Waals surface area contributed by atoms with E-state index >= 15 is 0 Å². The molecule has 32 heavy (non-hydrogen) atoms. The first kappa shape index (κ1) is 19.7. The number of benzene rings is 1. The average Bonchev–Trinajstić information content (AvgIpc) is 3.31. The molecule has 0 spiro atoms. The van der Waals surface area contributed by atoms with E-state index in [9.17, 15) is 0 Å². The van der Waals surface area contributed by atoms with Crippen molar-refractivity contribution >= 4 is 67.2 Å². The highest BCUT2D eigenvalue weighted by atomic mass is 32.1. The average molecular weight is 459 g/mol. The van der Waals surface area contributed by atoms with E-state index in [0.717, 1.165) is 0 Å². The Balaban J connectivity index is 1.57. The summed E-state index contributed by atoms with van der Waals surface area (Å²) in [7, 11) is 0. The molecule has 7 rings (SSSR count). The number of thiophene rings is 2. The first-order valence-electron chi connectivity index (χ1n) is 12.4. The van der Waals surface area contributed by atoms with Crippen LogP contribution in [-0.2, 0) is 25.7 Å². The second-order valence-corrected chi connectivity index (χ2v) is 13.5. The van der Waals surface area contributed by atoms with Crippen LogP contribution in [0.25, 0.3) is 0 Å². The smallest absolute Gasteiger partial charge is 0.276 e. The predicted molar refractivity (Wildman–Crippen MR) is 143 cm³/mol. The molecule has 0 atom stereocenters. The fourth-order valence-electron chi connectivity index (χ4n) is 6.64. The number of hydrogen-bond acceptors (Lipinski definition) is 4. The molecular weight excluding hydrogens is 427 g/mol. The zero-order valence-electron chi connectivity index (χ0n) is 19.7. The van der Waals surface area contributed by atoms with Gasteiger partial charge in [-0.15, -0.1) is 0 Å². The van der Waals surface area contributed by atoms with Crippen molar-refractivity contribution in [3.8, 4) is 0 Å². The van der Waals surface area contributed by atoms with Crippen LogP contribution in [0.1, 0.15) is 72.9 Å². The largest absolute Gasteiger partial charge is 0.355 e. The highest BCUT2D eigenvalue weighted by Crippen LogP contribution is 2.47. The molecule has 2 nitrogen and oxygen atoms in total. The molecule has 0 saturated heterocycles. The summed E-state index contributed by atoms with van der Waals surface area (Å²) < 4.78 is 3.23. The van der Waals surface area contributed by atoms with Gasteiger partial charge in [-0.1, -0.05) is 0 Å². The number of anilines is 4. The molecule has 5 heteroatoms. The molecular formula is C27H31BN2S2. The van der Waals surface area contributed by atoms with Crippen LogP contribution in [0.15, 0.2) is 12.1 Å². The van der Waals surface area contributed by atoms with Gasteiger partial charge in [0.05, 0.1) is 5.69 Å². The summed E-state index contributed by atoms with van der Waals surface area (Å²) in [6.07, 6.45) is 10.4. The van der Waals surface area contributed by atoms with E-state index in [1.165, 1.54) is 79.5 Å². The molecule has 164 valence electrons. The summed E-state index contributed by atoms with van der Waals surface area (Å²) in [6.45, 7) is 9.86. The molecule has 3 aromatic rings. The number of nitrogens with zero attached hydrogens (tertiary/aromatic N) is 1. The van der Waals surface area contributed by atoms with Gasteiger partial charge in [-0.25, -0.2) is 0 Å². The van der Waals surface area contributed by atoms with Gasteiger partial charge in [0.2, 0.25) is 0 Å². The minimum absolute atomic E-state index is 0.0442. The van der Waals surface area contributed by atoms with E-state index in [1.54, 1.807) is 36.1 Å². The van der Waals surface area contributed by atoms with Gasteiger partial charge in [-0.3, -0.25) is 0 Å². The summed E-state index contributed by atoms with van der Waals surface area (Å²) in [5.74, 6) is 0. The minimum Gasteiger partial charge on any atom is -0.355 e. The lowest BCUT2D eigenvalue weighted by molar-refractivity contribution is 0.558. The lowest BCUT2D eigenvalue weighted by Crippen LogP contribution is -2.61. The van der Waals surface area contributed by atoms with Crippen LogP contribution >= 0.6 is 22.7 Å². The fraction of sp³-hybridized carbons (Fsp3) is 0.481. The maximum absolute atomic E-state index is 3.98. The number of aryl methyl sites for hydroxylation is 3. The Morgan fingerprint density at radius 2 is 1.53 bits per heavy atom. The Morgan fingerprint density at radius 3 is 2.28 bits per heavy atom. The van der Waals surface area contributed by atoms with Gasteiger partial charge in [0.1, 0.15) is 0 Å². The predicted octanol–water partition coefficient (Wildman–Crippen LogP) is 5.70. The quantitative estimate of drug-likeness (QED) is 0.340. The van der Waals surface area contributed by atoms with Crippen LogP contribution in [0.5, 0.6) is 0 Å². The highest BCUT2D eigenvalue weighted by Gasteiger charge is 2.47. The van der Waals surface area contributed by atoms with Crippen molar-refractivity contribution in [2.75, 3.05) is 10.2 Å². The molecule has 0 bridgehead atoms. The molecule has 0 amide bonds. The monoisotopic (exact) mass is 458 g/mol. The second-order valence-electron chi connectivity index (χ2n) is 11.2. The van der Waals surface area contributed by atoms with Crippen LogP contribution in [-0.4, -0.2) is 12.3 Å².